The van der Waals surface area contributed by atoms with Gasteiger partial charge < -0.3 is 5.11 Å². The second-order valence-electron chi connectivity index (χ2n) is 4.41. The third-order valence-electron chi connectivity index (χ3n) is 3.13. The Bertz CT molecular complexity index is 814. The van der Waals surface area contributed by atoms with Gasteiger partial charge in [0.1, 0.15) is 0 Å². The molecule has 1 heterocycles. The molecule has 0 bridgehead atoms. The third-order valence-corrected chi connectivity index (χ3v) is 3.46. The summed E-state index contributed by atoms with van der Waals surface area (Å²) in [6, 6.07) is 14.3. The average molecular weight is 284 g/mol. The normalized spacial score (nSPS) is 10.7. The Labute approximate surface area is 120 Å². The van der Waals surface area contributed by atoms with Crippen LogP contribution in [0.1, 0.15) is 10.4 Å². The minimum absolute atomic E-state index is 0.218. The van der Waals surface area contributed by atoms with Crippen LogP contribution in [-0.2, 0) is 0 Å². The van der Waals surface area contributed by atoms with Gasteiger partial charge in [0.25, 0.3) is 0 Å². The Morgan fingerprint density at radius 2 is 1.95 bits per heavy atom. The van der Waals surface area contributed by atoms with Gasteiger partial charge in [-0.1, -0.05) is 23.7 Å². The SMILES string of the molecule is O=C(O)c1ccc(Cl)c(-c2ccc3ncccc3c2)c1. The quantitative estimate of drug-likeness (QED) is 0.765. The van der Waals surface area contributed by atoms with Gasteiger partial charge in [0, 0.05) is 22.2 Å². The molecule has 0 unspecified atom stereocenters. The van der Waals surface area contributed by atoms with Crippen LogP contribution in [0.5, 0.6) is 0 Å². The largest absolute Gasteiger partial charge is 0.478 e. The molecule has 20 heavy (non-hydrogen) atoms. The molecule has 0 aliphatic rings. The number of carboxylic acids is 1. The first-order valence-electron chi connectivity index (χ1n) is 6.03. The average Bonchev–Trinajstić information content (AvgIpc) is 2.47. The fraction of sp³-hybridized carbons (Fsp3) is 0. The molecule has 2 aromatic carbocycles. The molecule has 0 saturated heterocycles. The maximum atomic E-state index is 11.1. The van der Waals surface area contributed by atoms with E-state index < -0.39 is 5.97 Å². The minimum Gasteiger partial charge on any atom is -0.478 e. The van der Waals surface area contributed by atoms with Crippen LogP contribution in [-0.4, -0.2) is 16.1 Å². The van der Waals surface area contributed by atoms with Crippen LogP contribution in [0, 0.1) is 0 Å². The van der Waals surface area contributed by atoms with Crippen molar-refractivity contribution in [3.63, 3.8) is 0 Å². The molecule has 0 aliphatic carbocycles. The van der Waals surface area contributed by atoms with Crippen molar-refractivity contribution in [1.82, 2.24) is 4.98 Å². The fourth-order valence-corrected chi connectivity index (χ4v) is 2.35. The lowest BCUT2D eigenvalue weighted by atomic mass is 10.0. The Morgan fingerprint density at radius 1 is 1.10 bits per heavy atom. The summed E-state index contributed by atoms with van der Waals surface area (Å²) in [4.78, 5) is 15.3. The van der Waals surface area contributed by atoms with Gasteiger partial charge in [-0.3, -0.25) is 4.98 Å². The lowest BCUT2D eigenvalue weighted by molar-refractivity contribution is 0.0697. The predicted molar refractivity (Wildman–Crippen MR) is 79.1 cm³/mol. The molecule has 0 radical (unpaired) electrons. The number of pyridine rings is 1. The zero-order valence-corrected chi connectivity index (χ0v) is 11.1. The van der Waals surface area contributed by atoms with Crippen LogP contribution in [0.25, 0.3) is 22.0 Å². The predicted octanol–water partition coefficient (Wildman–Crippen LogP) is 4.25. The number of carbonyl (C=O) groups is 1. The van der Waals surface area contributed by atoms with Crippen molar-refractivity contribution in [3.8, 4) is 11.1 Å². The smallest absolute Gasteiger partial charge is 0.335 e. The maximum absolute atomic E-state index is 11.1. The highest BCUT2D eigenvalue weighted by Gasteiger charge is 2.09. The number of hydrogen-bond donors (Lipinski definition) is 1. The standard InChI is InChI=1S/C16H10ClNO2/c17-14-5-3-12(16(19)20)9-13(14)10-4-6-15-11(8-10)2-1-7-18-15/h1-9H,(H,19,20). The summed E-state index contributed by atoms with van der Waals surface area (Å²) in [5.41, 5.74) is 2.69. The Morgan fingerprint density at radius 3 is 2.75 bits per heavy atom. The summed E-state index contributed by atoms with van der Waals surface area (Å²) >= 11 is 6.18. The van der Waals surface area contributed by atoms with E-state index in [0.717, 1.165) is 16.5 Å². The minimum atomic E-state index is -0.967. The molecule has 0 aliphatic heterocycles. The topological polar surface area (TPSA) is 50.2 Å². The molecular weight excluding hydrogens is 274 g/mol. The molecule has 3 nitrogen and oxygen atoms in total. The number of aromatic nitrogens is 1. The van der Waals surface area contributed by atoms with E-state index in [2.05, 4.69) is 4.98 Å². The molecule has 1 aromatic heterocycles. The molecule has 3 rings (SSSR count). The van der Waals surface area contributed by atoms with Crippen molar-refractivity contribution in [2.75, 3.05) is 0 Å². The van der Waals surface area contributed by atoms with Gasteiger partial charge in [0.2, 0.25) is 0 Å². The Hall–Kier alpha value is -2.39. The van der Waals surface area contributed by atoms with Crippen molar-refractivity contribution in [2.24, 2.45) is 0 Å². The van der Waals surface area contributed by atoms with E-state index in [0.29, 0.717) is 10.6 Å². The molecule has 0 spiro atoms. The van der Waals surface area contributed by atoms with Gasteiger partial charge in [0.15, 0.2) is 0 Å². The fourth-order valence-electron chi connectivity index (χ4n) is 2.12. The number of hydrogen-bond acceptors (Lipinski definition) is 2. The molecule has 0 amide bonds. The van der Waals surface area contributed by atoms with Crippen molar-refractivity contribution >= 4 is 28.5 Å². The molecule has 98 valence electrons. The second-order valence-corrected chi connectivity index (χ2v) is 4.82. The Kier molecular flexibility index (Phi) is 3.12. The van der Waals surface area contributed by atoms with E-state index >= 15 is 0 Å². The number of nitrogens with zero attached hydrogens (tertiary/aromatic N) is 1. The van der Waals surface area contributed by atoms with Gasteiger partial charge in [-0.2, -0.15) is 0 Å². The lowest BCUT2D eigenvalue weighted by Gasteiger charge is -2.07. The number of benzene rings is 2. The molecule has 4 heteroatoms. The first kappa shape index (κ1) is 12.6. The van der Waals surface area contributed by atoms with E-state index in [4.69, 9.17) is 16.7 Å². The van der Waals surface area contributed by atoms with E-state index in [-0.39, 0.29) is 5.56 Å². The van der Waals surface area contributed by atoms with E-state index in [1.54, 1.807) is 18.3 Å². The van der Waals surface area contributed by atoms with Crippen molar-refractivity contribution in [3.05, 3.63) is 65.3 Å². The number of halogens is 1. The number of fused-ring (bicyclic) bond motifs is 1. The summed E-state index contributed by atoms with van der Waals surface area (Å²) in [5.74, 6) is -0.967. The highest BCUT2D eigenvalue weighted by atomic mass is 35.5. The molecule has 1 N–H and O–H groups in total. The number of rotatable bonds is 2. The van der Waals surface area contributed by atoms with E-state index in [1.165, 1.54) is 6.07 Å². The van der Waals surface area contributed by atoms with Crippen LogP contribution < -0.4 is 0 Å². The van der Waals surface area contributed by atoms with Gasteiger partial charge in [0.05, 0.1) is 11.1 Å². The van der Waals surface area contributed by atoms with Crippen molar-refractivity contribution in [1.29, 1.82) is 0 Å². The highest BCUT2D eigenvalue weighted by molar-refractivity contribution is 6.33. The first-order valence-corrected chi connectivity index (χ1v) is 6.41. The van der Waals surface area contributed by atoms with Gasteiger partial charge in [-0.25, -0.2) is 4.79 Å². The summed E-state index contributed by atoms with van der Waals surface area (Å²) in [6.45, 7) is 0. The lowest BCUT2D eigenvalue weighted by Crippen LogP contribution is -1.96. The monoisotopic (exact) mass is 283 g/mol. The van der Waals surface area contributed by atoms with E-state index in [1.807, 2.05) is 30.3 Å². The molecule has 0 atom stereocenters. The summed E-state index contributed by atoms with van der Waals surface area (Å²) < 4.78 is 0. The maximum Gasteiger partial charge on any atom is 0.335 e. The second kappa shape index (κ2) is 4.94. The van der Waals surface area contributed by atoms with Gasteiger partial charge >= 0.3 is 5.97 Å². The number of carboxylic acid groups (broad SMARTS) is 1. The van der Waals surface area contributed by atoms with Crippen LogP contribution in [0.3, 0.4) is 0 Å². The molecule has 0 fully saturated rings. The van der Waals surface area contributed by atoms with Crippen LogP contribution >= 0.6 is 11.6 Å². The Balaban J connectivity index is 2.19. The van der Waals surface area contributed by atoms with Crippen LogP contribution in [0.2, 0.25) is 5.02 Å². The summed E-state index contributed by atoms with van der Waals surface area (Å²) in [5, 5.41) is 10.6. The zero-order chi connectivity index (χ0) is 14.1. The van der Waals surface area contributed by atoms with Gasteiger partial charge in [-0.05, 0) is 42.0 Å². The van der Waals surface area contributed by atoms with Crippen LogP contribution in [0.15, 0.2) is 54.7 Å². The molecule has 3 aromatic rings. The van der Waals surface area contributed by atoms with Gasteiger partial charge in [-0.15, -0.1) is 0 Å². The zero-order valence-electron chi connectivity index (χ0n) is 10.4. The van der Waals surface area contributed by atoms with E-state index in [9.17, 15) is 4.79 Å². The van der Waals surface area contributed by atoms with Crippen molar-refractivity contribution < 1.29 is 9.90 Å². The summed E-state index contributed by atoms with van der Waals surface area (Å²) in [6.07, 6.45) is 1.74. The highest BCUT2D eigenvalue weighted by Crippen LogP contribution is 2.30. The molecule has 0 saturated carbocycles. The molecular formula is C16H10ClNO2. The first-order chi connectivity index (χ1) is 9.65. The van der Waals surface area contributed by atoms with Crippen LogP contribution in [0.4, 0.5) is 0 Å². The number of aromatic carboxylic acids is 1. The third kappa shape index (κ3) is 2.24. The summed E-state index contributed by atoms with van der Waals surface area (Å²) in [7, 11) is 0. The van der Waals surface area contributed by atoms with Crippen molar-refractivity contribution in [2.45, 2.75) is 0 Å².